The number of rotatable bonds is 5. The van der Waals surface area contributed by atoms with Crippen molar-refractivity contribution in [3.63, 3.8) is 0 Å². The maximum atomic E-state index is 14.3. The number of nitrogens with one attached hydrogen (secondary N) is 2. The van der Waals surface area contributed by atoms with Gasteiger partial charge in [0.25, 0.3) is 5.91 Å². The summed E-state index contributed by atoms with van der Waals surface area (Å²) >= 11 is 0. The number of benzene rings is 3. The number of carbonyl (C=O) groups excluding carboxylic acids is 2. The van der Waals surface area contributed by atoms with Gasteiger partial charge in [-0.15, -0.1) is 0 Å². The normalized spacial score (nSPS) is 19.5. The topological polar surface area (TPSA) is 67.4 Å². The van der Waals surface area contributed by atoms with E-state index < -0.39 is 17.6 Å². The molecular weight excluding hydrogens is 455 g/mol. The van der Waals surface area contributed by atoms with Gasteiger partial charge in [0.15, 0.2) is 5.78 Å². The average molecular weight is 483 g/mol. The quantitative estimate of drug-likeness (QED) is 0.480. The second-order valence-electron chi connectivity index (χ2n) is 9.14. The minimum atomic E-state index is -0.604. The van der Waals surface area contributed by atoms with E-state index in [2.05, 4.69) is 10.6 Å². The summed E-state index contributed by atoms with van der Waals surface area (Å²) in [6.07, 6.45) is 1.01. The predicted molar refractivity (Wildman–Crippen MR) is 137 cm³/mol. The number of amides is 1. The van der Waals surface area contributed by atoms with Crippen LogP contribution in [0.25, 0.3) is 0 Å². The van der Waals surface area contributed by atoms with Crippen molar-refractivity contribution in [2.24, 2.45) is 0 Å². The fourth-order valence-electron chi connectivity index (χ4n) is 5.21. The van der Waals surface area contributed by atoms with Crippen LogP contribution in [0, 0.1) is 5.82 Å². The zero-order valence-electron chi connectivity index (χ0n) is 20.2. The van der Waals surface area contributed by atoms with E-state index in [-0.39, 0.29) is 17.4 Å². The van der Waals surface area contributed by atoms with E-state index in [1.165, 1.54) is 12.1 Å². The predicted octanol–water partition coefficient (Wildman–Crippen LogP) is 5.83. The van der Waals surface area contributed by atoms with Gasteiger partial charge in [0.05, 0.1) is 12.8 Å². The molecule has 1 aliphatic heterocycles. The van der Waals surface area contributed by atoms with Crippen LogP contribution in [-0.4, -0.2) is 18.8 Å². The van der Waals surface area contributed by atoms with Crippen molar-refractivity contribution in [3.8, 4) is 5.75 Å². The highest BCUT2D eigenvalue weighted by atomic mass is 19.1. The van der Waals surface area contributed by atoms with Crippen LogP contribution in [0.3, 0.4) is 0 Å². The monoisotopic (exact) mass is 482 g/mol. The van der Waals surface area contributed by atoms with Crippen molar-refractivity contribution in [1.29, 1.82) is 0 Å². The standard InChI is InChI=1S/C30H27FN2O3/c1-18-27(30(35)33-24-14-7-6-13-23(24)31)28(20-11-8-12-22(15-20)36-2)29-25(32-18)16-21(17-26(29)34)19-9-4-3-5-10-19/h3-15,21,28,32H,16-17H2,1-2H3,(H,33,35)/t21-,28+/m1/s1. The fraction of sp³-hybridized carbons (Fsp3) is 0.200. The Bertz CT molecular complexity index is 1390. The van der Waals surface area contributed by atoms with Gasteiger partial charge in [-0.1, -0.05) is 54.6 Å². The van der Waals surface area contributed by atoms with Crippen LogP contribution < -0.4 is 15.4 Å². The van der Waals surface area contributed by atoms with Gasteiger partial charge >= 0.3 is 0 Å². The summed E-state index contributed by atoms with van der Waals surface area (Å²) in [6.45, 7) is 1.82. The van der Waals surface area contributed by atoms with Crippen molar-refractivity contribution >= 4 is 17.4 Å². The number of anilines is 1. The highest BCUT2D eigenvalue weighted by molar-refractivity contribution is 6.10. The zero-order valence-corrected chi connectivity index (χ0v) is 20.2. The molecule has 0 spiro atoms. The molecule has 0 fully saturated rings. The number of hydrogen-bond acceptors (Lipinski definition) is 4. The third-order valence-corrected chi connectivity index (χ3v) is 6.89. The van der Waals surface area contributed by atoms with Crippen LogP contribution in [0.1, 0.15) is 42.7 Å². The van der Waals surface area contributed by atoms with Crippen molar-refractivity contribution in [2.45, 2.75) is 31.6 Å². The first-order chi connectivity index (χ1) is 17.5. The molecule has 36 heavy (non-hydrogen) atoms. The van der Waals surface area contributed by atoms with Crippen molar-refractivity contribution in [3.05, 3.63) is 118 Å². The van der Waals surface area contributed by atoms with Gasteiger partial charge in [-0.05, 0) is 54.7 Å². The number of methoxy groups -OCH3 is 1. The molecule has 1 amide bonds. The number of ether oxygens (including phenoxy) is 1. The van der Waals surface area contributed by atoms with Crippen molar-refractivity contribution in [2.75, 3.05) is 12.4 Å². The third kappa shape index (κ3) is 4.42. The first kappa shape index (κ1) is 23.5. The Morgan fingerprint density at radius 3 is 2.44 bits per heavy atom. The molecule has 2 N–H and O–H groups in total. The van der Waals surface area contributed by atoms with Crippen LogP contribution in [0.2, 0.25) is 0 Å². The number of carbonyl (C=O) groups is 2. The van der Waals surface area contributed by atoms with E-state index in [0.29, 0.717) is 35.4 Å². The summed E-state index contributed by atoms with van der Waals surface area (Å²) in [6, 6.07) is 23.5. The lowest BCUT2D eigenvalue weighted by Gasteiger charge is -2.37. The molecule has 3 aromatic rings. The van der Waals surface area contributed by atoms with E-state index in [4.69, 9.17) is 4.74 Å². The molecule has 2 atom stereocenters. The number of hydrogen-bond donors (Lipinski definition) is 2. The number of Topliss-reactive ketones (excluding diaryl/α,β-unsaturated/α-hetero) is 1. The summed E-state index contributed by atoms with van der Waals surface area (Å²) in [5, 5.41) is 6.07. The van der Waals surface area contributed by atoms with Gasteiger partial charge in [0.1, 0.15) is 11.6 Å². The highest BCUT2D eigenvalue weighted by Gasteiger charge is 2.41. The lowest BCUT2D eigenvalue weighted by molar-refractivity contribution is -0.116. The number of ketones is 1. The van der Waals surface area contributed by atoms with E-state index >= 15 is 0 Å². The third-order valence-electron chi connectivity index (χ3n) is 6.89. The maximum Gasteiger partial charge on any atom is 0.254 e. The summed E-state index contributed by atoms with van der Waals surface area (Å²) in [5.41, 5.74) is 4.40. The van der Waals surface area contributed by atoms with Gasteiger partial charge in [0, 0.05) is 34.9 Å². The van der Waals surface area contributed by atoms with E-state index in [1.807, 2.05) is 61.5 Å². The highest BCUT2D eigenvalue weighted by Crippen LogP contribution is 2.46. The Morgan fingerprint density at radius 1 is 0.972 bits per heavy atom. The minimum absolute atomic E-state index is 0.00545. The Kier molecular flexibility index (Phi) is 6.42. The number of halogens is 1. The van der Waals surface area contributed by atoms with Crippen LogP contribution in [0.5, 0.6) is 5.75 Å². The zero-order chi connectivity index (χ0) is 25.2. The largest absolute Gasteiger partial charge is 0.497 e. The van der Waals surface area contributed by atoms with Gasteiger partial charge in [-0.25, -0.2) is 4.39 Å². The Labute approximate surface area is 209 Å². The van der Waals surface area contributed by atoms with Gasteiger partial charge < -0.3 is 15.4 Å². The van der Waals surface area contributed by atoms with Crippen LogP contribution >= 0.6 is 0 Å². The molecular formula is C30H27FN2O3. The molecule has 2 aliphatic rings. The van der Waals surface area contributed by atoms with E-state index in [9.17, 15) is 14.0 Å². The molecule has 1 heterocycles. The Morgan fingerprint density at radius 2 is 1.69 bits per heavy atom. The summed E-state index contributed by atoms with van der Waals surface area (Å²) in [7, 11) is 1.58. The lowest BCUT2D eigenvalue weighted by Crippen LogP contribution is -2.37. The second kappa shape index (κ2) is 9.82. The van der Waals surface area contributed by atoms with Crippen LogP contribution in [-0.2, 0) is 9.59 Å². The molecule has 1 aliphatic carbocycles. The molecule has 0 aromatic heterocycles. The summed E-state index contributed by atoms with van der Waals surface area (Å²) in [4.78, 5) is 27.3. The molecule has 0 saturated carbocycles. The molecule has 5 nitrogen and oxygen atoms in total. The molecule has 182 valence electrons. The van der Waals surface area contributed by atoms with E-state index in [0.717, 1.165) is 16.8 Å². The first-order valence-corrected chi connectivity index (χ1v) is 11.9. The summed E-state index contributed by atoms with van der Waals surface area (Å²) in [5.74, 6) is -0.906. The van der Waals surface area contributed by atoms with Crippen LogP contribution in [0.4, 0.5) is 10.1 Å². The van der Waals surface area contributed by atoms with Crippen molar-refractivity contribution in [1.82, 2.24) is 5.32 Å². The molecule has 0 unspecified atom stereocenters. The summed E-state index contributed by atoms with van der Waals surface area (Å²) < 4.78 is 19.8. The smallest absolute Gasteiger partial charge is 0.254 e. The number of dihydropyridines is 1. The van der Waals surface area contributed by atoms with Gasteiger partial charge in [0.2, 0.25) is 0 Å². The molecule has 0 bridgehead atoms. The minimum Gasteiger partial charge on any atom is -0.497 e. The SMILES string of the molecule is COc1cccc([C@H]2C(C(=O)Nc3ccccc3F)=C(C)NC3=C2C(=O)C[C@H](c2ccccc2)C3)c1. The second-order valence-corrected chi connectivity index (χ2v) is 9.14. The van der Waals surface area contributed by atoms with Gasteiger partial charge in [-0.3, -0.25) is 9.59 Å². The molecule has 0 saturated heterocycles. The molecule has 0 radical (unpaired) electrons. The van der Waals surface area contributed by atoms with Crippen molar-refractivity contribution < 1.29 is 18.7 Å². The molecule has 5 rings (SSSR count). The maximum absolute atomic E-state index is 14.3. The Hall–Kier alpha value is -4.19. The lowest BCUT2D eigenvalue weighted by atomic mass is 9.71. The van der Waals surface area contributed by atoms with Crippen LogP contribution in [0.15, 0.2) is 101 Å². The molecule has 6 heteroatoms. The number of allylic oxidation sites excluding steroid dienone is 3. The van der Waals surface area contributed by atoms with Gasteiger partial charge in [-0.2, -0.15) is 0 Å². The van der Waals surface area contributed by atoms with E-state index in [1.54, 1.807) is 19.2 Å². The Balaban J connectivity index is 1.59. The molecule has 3 aromatic carbocycles. The first-order valence-electron chi connectivity index (χ1n) is 11.9. The average Bonchev–Trinajstić information content (AvgIpc) is 2.89. The number of para-hydroxylation sites is 1. The fourth-order valence-corrected chi connectivity index (χ4v) is 5.21.